The minimum absolute atomic E-state index is 0.00110. The van der Waals surface area contributed by atoms with Crippen molar-refractivity contribution in [1.29, 1.82) is 0 Å². The molecular formula is C23H22ClF3N4O2. The van der Waals surface area contributed by atoms with Crippen LogP contribution in [-0.4, -0.2) is 43.7 Å². The first kappa shape index (κ1) is 23.1. The van der Waals surface area contributed by atoms with Crippen LogP contribution < -0.4 is 20.3 Å². The number of pyridine rings is 1. The van der Waals surface area contributed by atoms with Crippen molar-refractivity contribution in [2.75, 3.05) is 43.0 Å². The summed E-state index contributed by atoms with van der Waals surface area (Å²) >= 11 is 5.86. The van der Waals surface area contributed by atoms with E-state index in [1.165, 1.54) is 0 Å². The Morgan fingerprint density at radius 1 is 1.18 bits per heavy atom. The molecule has 0 bridgehead atoms. The Morgan fingerprint density at radius 3 is 2.64 bits per heavy atom. The molecule has 3 aromatic rings. The lowest BCUT2D eigenvalue weighted by atomic mass is 10.1. The second kappa shape index (κ2) is 9.44. The maximum Gasteiger partial charge on any atom is 0.416 e. The number of amides is 1. The predicted octanol–water partition coefficient (Wildman–Crippen LogP) is 4.64. The van der Waals surface area contributed by atoms with E-state index in [2.05, 4.69) is 15.5 Å². The fraction of sp³-hybridized carbons (Fsp3) is 0.304. The molecule has 0 atom stereocenters. The van der Waals surface area contributed by atoms with Gasteiger partial charge in [-0.15, -0.1) is 0 Å². The van der Waals surface area contributed by atoms with Gasteiger partial charge in [-0.3, -0.25) is 4.79 Å². The van der Waals surface area contributed by atoms with E-state index in [1.54, 1.807) is 6.07 Å². The molecule has 1 aliphatic heterocycles. The van der Waals surface area contributed by atoms with Crippen molar-refractivity contribution < 1.29 is 22.7 Å². The van der Waals surface area contributed by atoms with Crippen molar-refractivity contribution in [1.82, 2.24) is 10.3 Å². The zero-order chi connectivity index (χ0) is 23.6. The first-order valence-electron chi connectivity index (χ1n) is 10.4. The molecule has 4 rings (SSSR count). The van der Waals surface area contributed by atoms with Gasteiger partial charge in [0, 0.05) is 37.3 Å². The minimum atomic E-state index is -4.51. The summed E-state index contributed by atoms with van der Waals surface area (Å²) in [6.45, 7) is 5.23. The van der Waals surface area contributed by atoms with E-state index in [-0.39, 0.29) is 10.8 Å². The van der Waals surface area contributed by atoms with Crippen LogP contribution in [0.1, 0.15) is 11.1 Å². The SMILES string of the molecule is Cc1cc(N2CCNCC2)nc2ccc(NC(=O)COc3ccc(C(F)(F)F)cc3Cl)cc12. The Hall–Kier alpha value is -3.04. The van der Waals surface area contributed by atoms with Gasteiger partial charge in [0.15, 0.2) is 6.61 Å². The van der Waals surface area contributed by atoms with Crippen LogP contribution in [0.3, 0.4) is 0 Å². The van der Waals surface area contributed by atoms with Gasteiger partial charge >= 0.3 is 6.18 Å². The number of ether oxygens (including phenoxy) is 1. The molecule has 1 amide bonds. The molecule has 10 heteroatoms. The second-order valence-corrected chi connectivity index (χ2v) is 8.15. The molecule has 2 aromatic carbocycles. The summed E-state index contributed by atoms with van der Waals surface area (Å²) in [6, 6.07) is 10.2. The van der Waals surface area contributed by atoms with E-state index in [0.717, 1.165) is 66.7 Å². The monoisotopic (exact) mass is 478 g/mol. The number of nitrogens with one attached hydrogen (secondary N) is 2. The predicted molar refractivity (Wildman–Crippen MR) is 122 cm³/mol. The molecule has 0 spiro atoms. The van der Waals surface area contributed by atoms with Gasteiger partial charge in [-0.2, -0.15) is 13.2 Å². The maximum absolute atomic E-state index is 12.7. The van der Waals surface area contributed by atoms with Gasteiger partial charge in [0.2, 0.25) is 0 Å². The molecule has 0 radical (unpaired) electrons. The Morgan fingerprint density at radius 2 is 1.94 bits per heavy atom. The number of fused-ring (bicyclic) bond motifs is 1. The smallest absolute Gasteiger partial charge is 0.416 e. The molecule has 174 valence electrons. The number of hydrogen-bond acceptors (Lipinski definition) is 5. The van der Waals surface area contributed by atoms with Crippen LogP contribution >= 0.6 is 11.6 Å². The van der Waals surface area contributed by atoms with Crippen LogP contribution in [0, 0.1) is 6.92 Å². The lowest BCUT2D eigenvalue weighted by Crippen LogP contribution is -2.43. The highest BCUT2D eigenvalue weighted by molar-refractivity contribution is 6.32. The van der Waals surface area contributed by atoms with E-state index >= 15 is 0 Å². The van der Waals surface area contributed by atoms with E-state index in [4.69, 9.17) is 21.3 Å². The van der Waals surface area contributed by atoms with Crippen LogP contribution in [0.25, 0.3) is 10.9 Å². The molecule has 0 saturated carbocycles. The molecule has 1 aromatic heterocycles. The van der Waals surface area contributed by atoms with Gasteiger partial charge in [-0.05, 0) is 55.0 Å². The number of piperazine rings is 1. The van der Waals surface area contributed by atoms with Crippen molar-refractivity contribution in [2.45, 2.75) is 13.1 Å². The summed E-state index contributed by atoms with van der Waals surface area (Å²) in [5, 5.41) is 6.75. The molecule has 1 saturated heterocycles. The third kappa shape index (κ3) is 5.48. The number of rotatable bonds is 5. The zero-order valence-corrected chi connectivity index (χ0v) is 18.6. The van der Waals surface area contributed by atoms with E-state index in [0.29, 0.717) is 5.69 Å². The Labute approximate surface area is 193 Å². The van der Waals surface area contributed by atoms with Gasteiger partial charge in [0.1, 0.15) is 11.6 Å². The van der Waals surface area contributed by atoms with Crippen molar-refractivity contribution in [3.63, 3.8) is 0 Å². The average Bonchev–Trinajstić information content (AvgIpc) is 2.78. The number of carbonyl (C=O) groups excluding carboxylic acids is 1. The number of benzene rings is 2. The van der Waals surface area contributed by atoms with Gasteiger partial charge in [0.25, 0.3) is 5.91 Å². The summed E-state index contributed by atoms with van der Waals surface area (Å²) in [5.74, 6) is 0.465. The summed E-state index contributed by atoms with van der Waals surface area (Å²) < 4.78 is 43.5. The molecule has 1 fully saturated rings. The van der Waals surface area contributed by atoms with Crippen LogP contribution in [0.15, 0.2) is 42.5 Å². The third-order valence-corrected chi connectivity index (χ3v) is 5.64. The number of hydrogen-bond donors (Lipinski definition) is 2. The number of aryl methyl sites for hydroxylation is 1. The van der Waals surface area contributed by atoms with Crippen molar-refractivity contribution in [3.8, 4) is 5.75 Å². The van der Waals surface area contributed by atoms with Gasteiger partial charge < -0.3 is 20.3 Å². The van der Waals surface area contributed by atoms with Crippen LogP contribution in [0.2, 0.25) is 5.02 Å². The van der Waals surface area contributed by atoms with Crippen molar-refractivity contribution >= 4 is 39.9 Å². The second-order valence-electron chi connectivity index (χ2n) is 7.75. The van der Waals surface area contributed by atoms with Gasteiger partial charge in [-0.25, -0.2) is 4.98 Å². The van der Waals surface area contributed by atoms with Gasteiger partial charge in [-0.1, -0.05) is 11.6 Å². The summed E-state index contributed by atoms with van der Waals surface area (Å²) in [5.41, 5.74) is 1.55. The number of aromatic nitrogens is 1. The van der Waals surface area contributed by atoms with Crippen molar-refractivity contribution in [3.05, 3.63) is 58.6 Å². The quantitative estimate of drug-likeness (QED) is 0.559. The Bertz CT molecular complexity index is 1180. The molecular weight excluding hydrogens is 457 g/mol. The number of halogens is 4. The third-order valence-electron chi connectivity index (χ3n) is 5.34. The topological polar surface area (TPSA) is 66.5 Å². The molecule has 0 unspecified atom stereocenters. The number of anilines is 2. The van der Waals surface area contributed by atoms with Gasteiger partial charge in [0.05, 0.1) is 16.1 Å². The lowest BCUT2D eigenvalue weighted by molar-refractivity contribution is -0.137. The molecule has 6 nitrogen and oxygen atoms in total. The zero-order valence-electron chi connectivity index (χ0n) is 17.8. The first-order chi connectivity index (χ1) is 15.7. The maximum atomic E-state index is 12.7. The molecule has 1 aliphatic rings. The Kier molecular flexibility index (Phi) is 6.62. The lowest BCUT2D eigenvalue weighted by Gasteiger charge is -2.29. The van der Waals surface area contributed by atoms with E-state index < -0.39 is 24.3 Å². The van der Waals surface area contributed by atoms with Crippen LogP contribution in [-0.2, 0) is 11.0 Å². The fourth-order valence-electron chi connectivity index (χ4n) is 3.64. The normalized spacial score (nSPS) is 14.4. The molecule has 0 aliphatic carbocycles. The number of carbonyl (C=O) groups is 1. The van der Waals surface area contributed by atoms with Crippen LogP contribution in [0.4, 0.5) is 24.7 Å². The highest BCUT2D eigenvalue weighted by Crippen LogP contribution is 2.34. The fourth-order valence-corrected chi connectivity index (χ4v) is 3.88. The van der Waals surface area contributed by atoms with Crippen LogP contribution in [0.5, 0.6) is 5.75 Å². The van der Waals surface area contributed by atoms with E-state index in [1.807, 2.05) is 25.1 Å². The highest BCUT2D eigenvalue weighted by atomic mass is 35.5. The van der Waals surface area contributed by atoms with E-state index in [9.17, 15) is 18.0 Å². The summed E-state index contributed by atoms with van der Waals surface area (Å²) in [4.78, 5) is 19.3. The standard InChI is InChI=1S/C23H22ClF3N4O2/c1-14-10-21(31-8-6-28-7-9-31)30-19-4-3-16(12-17(14)19)29-22(32)13-33-20-5-2-15(11-18(20)24)23(25,26)27/h2-5,10-12,28H,6-9,13H2,1H3,(H,29,32). The molecule has 33 heavy (non-hydrogen) atoms. The highest BCUT2D eigenvalue weighted by Gasteiger charge is 2.31. The number of alkyl halides is 3. The summed E-state index contributed by atoms with van der Waals surface area (Å²) in [6.07, 6.45) is -4.51. The average molecular weight is 479 g/mol. The Balaban J connectivity index is 1.42. The first-order valence-corrected chi connectivity index (χ1v) is 10.7. The summed E-state index contributed by atoms with van der Waals surface area (Å²) in [7, 11) is 0. The van der Waals surface area contributed by atoms with Crippen molar-refractivity contribution in [2.24, 2.45) is 0 Å². The minimum Gasteiger partial charge on any atom is -0.482 e. The molecule has 2 heterocycles. The number of nitrogens with zero attached hydrogens (tertiary/aromatic N) is 2. The molecule has 2 N–H and O–H groups in total. The largest absolute Gasteiger partial charge is 0.482 e.